The number of anilines is 1. The first kappa shape index (κ1) is 12.3. The summed E-state index contributed by atoms with van der Waals surface area (Å²) in [6.07, 6.45) is 1.03. The second-order valence-corrected chi connectivity index (χ2v) is 4.94. The SMILES string of the molecule is CNc1snc(C)c1C(=O)NC[C@@H]1CCOC1. The molecule has 1 aliphatic heterocycles. The minimum absolute atomic E-state index is 0.0486. The summed E-state index contributed by atoms with van der Waals surface area (Å²) in [5, 5.41) is 6.77. The van der Waals surface area contributed by atoms with Gasteiger partial charge in [-0.25, -0.2) is 0 Å². The summed E-state index contributed by atoms with van der Waals surface area (Å²) in [5.41, 5.74) is 1.44. The lowest BCUT2D eigenvalue weighted by Gasteiger charge is -2.10. The molecule has 1 aromatic heterocycles. The van der Waals surface area contributed by atoms with Crippen molar-refractivity contribution in [2.45, 2.75) is 13.3 Å². The highest BCUT2D eigenvalue weighted by atomic mass is 32.1. The monoisotopic (exact) mass is 255 g/mol. The van der Waals surface area contributed by atoms with Crippen molar-refractivity contribution in [2.24, 2.45) is 5.92 Å². The highest BCUT2D eigenvalue weighted by Crippen LogP contribution is 2.23. The Kier molecular flexibility index (Phi) is 3.96. The van der Waals surface area contributed by atoms with Gasteiger partial charge in [-0.3, -0.25) is 4.79 Å². The van der Waals surface area contributed by atoms with Crippen molar-refractivity contribution in [3.8, 4) is 0 Å². The Morgan fingerprint density at radius 3 is 3.12 bits per heavy atom. The smallest absolute Gasteiger partial charge is 0.256 e. The molecule has 1 fully saturated rings. The van der Waals surface area contributed by atoms with E-state index in [1.54, 1.807) is 7.05 Å². The van der Waals surface area contributed by atoms with E-state index in [-0.39, 0.29) is 5.91 Å². The van der Waals surface area contributed by atoms with Gasteiger partial charge in [0.15, 0.2) is 0 Å². The molecule has 1 amide bonds. The molecular weight excluding hydrogens is 238 g/mol. The maximum absolute atomic E-state index is 12.0. The fraction of sp³-hybridized carbons (Fsp3) is 0.636. The second-order valence-electron chi connectivity index (χ2n) is 4.16. The van der Waals surface area contributed by atoms with Crippen LogP contribution in [0.5, 0.6) is 0 Å². The highest BCUT2D eigenvalue weighted by molar-refractivity contribution is 7.10. The van der Waals surface area contributed by atoms with Crippen LogP contribution < -0.4 is 10.6 Å². The summed E-state index contributed by atoms with van der Waals surface area (Å²) in [5.74, 6) is 0.399. The van der Waals surface area contributed by atoms with Gasteiger partial charge in [0.2, 0.25) is 0 Å². The van der Waals surface area contributed by atoms with Gasteiger partial charge in [0.05, 0.1) is 17.9 Å². The van der Waals surface area contributed by atoms with Gasteiger partial charge in [-0.15, -0.1) is 0 Å². The van der Waals surface area contributed by atoms with Crippen molar-refractivity contribution in [2.75, 3.05) is 32.1 Å². The molecule has 17 heavy (non-hydrogen) atoms. The van der Waals surface area contributed by atoms with Crippen LogP contribution in [0.25, 0.3) is 0 Å². The van der Waals surface area contributed by atoms with E-state index in [1.165, 1.54) is 11.5 Å². The number of rotatable bonds is 4. The molecule has 1 atom stereocenters. The summed E-state index contributed by atoms with van der Waals surface area (Å²) in [6.45, 7) is 4.09. The maximum atomic E-state index is 12.0. The summed E-state index contributed by atoms with van der Waals surface area (Å²) in [4.78, 5) is 12.0. The second kappa shape index (κ2) is 5.46. The molecule has 2 heterocycles. The molecule has 0 aliphatic carbocycles. The predicted molar refractivity (Wildman–Crippen MR) is 67.7 cm³/mol. The van der Waals surface area contributed by atoms with E-state index in [0.717, 1.165) is 30.3 Å². The van der Waals surface area contributed by atoms with Crippen LogP contribution >= 0.6 is 11.5 Å². The molecule has 0 aromatic carbocycles. The van der Waals surface area contributed by atoms with Crippen LogP contribution in [0.3, 0.4) is 0 Å². The Labute approximate surface area is 105 Å². The number of carbonyl (C=O) groups excluding carboxylic acids is 1. The van der Waals surface area contributed by atoms with Gasteiger partial charge in [0.1, 0.15) is 5.00 Å². The molecule has 1 aromatic rings. The van der Waals surface area contributed by atoms with Gasteiger partial charge in [-0.2, -0.15) is 4.37 Å². The third-order valence-corrected chi connectivity index (χ3v) is 3.85. The van der Waals surface area contributed by atoms with Crippen molar-refractivity contribution in [3.05, 3.63) is 11.3 Å². The average molecular weight is 255 g/mol. The van der Waals surface area contributed by atoms with E-state index in [1.807, 2.05) is 6.92 Å². The minimum Gasteiger partial charge on any atom is -0.381 e. The van der Waals surface area contributed by atoms with E-state index >= 15 is 0 Å². The molecule has 0 spiro atoms. The zero-order chi connectivity index (χ0) is 12.3. The molecule has 2 N–H and O–H groups in total. The van der Waals surface area contributed by atoms with Gasteiger partial charge >= 0.3 is 0 Å². The van der Waals surface area contributed by atoms with E-state index in [9.17, 15) is 4.79 Å². The minimum atomic E-state index is -0.0486. The molecule has 0 saturated carbocycles. The average Bonchev–Trinajstić information content (AvgIpc) is 2.94. The number of aryl methyl sites for hydroxylation is 1. The van der Waals surface area contributed by atoms with Crippen molar-refractivity contribution >= 4 is 22.4 Å². The Balaban J connectivity index is 1.96. The van der Waals surface area contributed by atoms with Crippen LogP contribution in [0, 0.1) is 12.8 Å². The zero-order valence-electron chi connectivity index (χ0n) is 10.1. The van der Waals surface area contributed by atoms with Crippen molar-refractivity contribution < 1.29 is 9.53 Å². The Hall–Kier alpha value is -1.14. The third kappa shape index (κ3) is 2.76. The number of aromatic nitrogens is 1. The van der Waals surface area contributed by atoms with Crippen LogP contribution in [-0.2, 0) is 4.74 Å². The lowest BCUT2D eigenvalue weighted by molar-refractivity contribution is 0.0945. The topological polar surface area (TPSA) is 63.2 Å². The van der Waals surface area contributed by atoms with E-state index < -0.39 is 0 Å². The number of amides is 1. The van der Waals surface area contributed by atoms with Crippen LogP contribution in [0.2, 0.25) is 0 Å². The molecule has 1 saturated heterocycles. The Morgan fingerprint density at radius 1 is 1.65 bits per heavy atom. The molecule has 5 nitrogen and oxygen atoms in total. The first-order chi connectivity index (χ1) is 8.22. The number of nitrogens with one attached hydrogen (secondary N) is 2. The van der Waals surface area contributed by atoms with Crippen LogP contribution in [-0.4, -0.2) is 37.1 Å². The fourth-order valence-corrected chi connectivity index (χ4v) is 2.62. The third-order valence-electron chi connectivity index (χ3n) is 2.89. The summed E-state index contributed by atoms with van der Waals surface area (Å²) < 4.78 is 9.46. The number of hydrogen-bond acceptors (Lipinski definition) is 5. The largest absolute Gasteiger partial charge is 0.381 e. The van der Waals surface area contributed by atoms with Gasteiger partial charge in [-0.05, 0) is 24.9 Å². The maximum Gasteiger partial charge on any atom is 0.256 e. The van der Waals surface area contributed by atoms with Gasteiger partial charge in [0.25, 0.3) is 5.91 Å². The van der Waals surface area contributed by atoms with Crippen LogP contribution in [0.4, 0.5) is 5.00 Å². The number of ether oxygens (including phenoxy) is 1. The lowest BCUT2D eigenvalue weighted by atomic mass is 10.1. The van der Waals surface area contributed by atoms with Crippen LogP contribution in [0.1, 0.15) is 22.5 Å². The van der Waals surface area contributed by atoms with Gasteiger partial charge in [0, 0.05) is 26.1 Å². The quantitative estimate of drug-likeness (QED) is 0.850. The Bertz CT molecular complexity index is 399. The van der Waals surface area contributed by atoms with Crippen molar-refractivity contribution in [3.63, 3.8) is 0 Å². The standard InChI is InChI=1S/C11H17N3O2S/c1-7-9(11(12-2)17-14-7)10(15)13-5-8-3-4-16-6-8/h8,12H,3-6H2,1-2H3,(H,13,15)/t8-/m0/s1. The summed E-state index contributed by atoms with van der Waals surface area (Å²) >= 11 is 1.32. The van der Waals surface area contributed by atoms with Crippen LogP contribution in [0.15, 0.2) is 0 Å². The van der Waals surface area contributed by atoms with Gasteiger partial charge < -0.3 is 15.4 Å². The number of nitrogens with zero attached hydrogens (tertiary/aromatic N) is 1. The van der Waals surface area contributed by atoms with Gasteiger partial charge in [-0.1, -0.05) is 0 Å². The highest BCUT2D eigenvalue weighted by Gasteiger charge is 2.20. The normalized spacial score (nSPS) is 19.3. The predicted octanol–water partition coefficient (Wildman–Crippen LogP) is 1.26. The number of carbonyl (C=O) groups is 1. The molecule has 0 unspecified atom stereocenters. The molecule has 1 aliphatic rings. The number of hydrogen-bond donors (Lipinski definition) is 2. The fourth-order valence-electron chi connectivity index (χ4n) is 1.88. The zero-order valence-corrected chi connectivity index (χ0v) is 10.9. The molecule has 2 rings (SSSR count). The first-order valence-corrected chi connectivity index (χ1v) is 6.49. The molecule has 6 heteroatoms. The first-order valence-electron chi connectivity index (χ1n) is 5.72. The molecule has 0 radical (unpaired) electrons. The summed E-state index contributed by atoms with van der Waals surface area (Å²) in [6, 6.07) is 0. The molecule has 0 bridgehead atoms. The lowest BCUT2D eigenvalue weighted by Crippen LogP contribution is -2.30. The molecule has 94 valence electrons. The van der Waals surface area contributed by atoms with E-state index in [2.05, 4.69) is 15.0 Å². The van der Waals surface area contributed by atoms with Crippen molar-refractivity contribution in [1.29, 1.82) is 0 Å². The van der Waals surface area contributed by atoms with Crippen molar-refractivity contribution in [1.82, 2.24) is 9.69 Å². The summed E-state index contributed by atoms with van der Waals surface area (Å²) in [7, 11) is 1.80. The van der Waals surface area contributed by atoms with E-state index in [0.29, 0.717) is 18.0 Å². The Morgan fingerprint density at radius 2 is 2.47 bits per heavy atom. The van der Waals surface area contributed by atoms with E-state index in [4.69, 9.17) is 4.74 Å². The molecular formula is C11H17N3O2S.